The van der Waals surface area contributed by atoms with Crippen LogP contribution in [0.4, 0.5) is 0 Å². The molecule has 0 N–H and O–H groups in total. The molecule has 0 radical (unpaired) electrons. The molecule has 0 aromatic heterocycles. The molecule has 2 rings (SSSR count). The average Bonchev–Trinajstić information content (AvgIpc) is 2.54. The van der Waals surface area contributed by atoms with Crippen LogP contribution in [0.15, 0.2) is 24.3 Å². The van der Waals surface area contributed by atoms with Crippen molar-refractivity contribution in [2.45, 2.75) is 12.6 Å². The topological polar surface area (TPSA) is 65.1 Å². The first kappa shape index (κ1) is 15.5. The van der Waals surface area contributed by atoms with Crippen LogP contribution in [0, 0.1) is 0 Å². The number of ether oxygens (including phenoxy) is 3. The second-order valence-electron chi connectivity index (χ2n) is 4.81. The second-order valence-corrected chi connectivity index (χ2v) is 4.81. The van der Waals surface area contributed by atoms with E-state index in [-0.39, 0.29) is 11.9 Å². The van der Waals surface area contributed by atoms with E-state index in [4.69, 9.17) is 9.47 Å². The van der Waals surface area contributed by atoms with Crippen molar-refractivity contribution in [1.82, 2.24) is 4.90 Å². The second kappa shape index (κ2) is 7.19. The van der Waals surface area contributed by atoms with E-state index in [9.17, 15) is 9.59 Å². The molecule has 6 nitrogen and oxygen atoms in total. The maximum atomic E-state index is 11.5. The maximum Gasteiger partial charge on any atom is 0.337 e. The molecule has 114 valence electrons. The first-order valence-corrected chi connectivity index (χ1v) is 6.73. The van der Waals surface area contributed by atoms with Crippen molar-refractivity contribution in [3.05, 3.63) is 35.4 Å². The van der Waals surface area contributed by atoms with Crippen molar-refractivity contribution in [2.75, 3.05) is 33.9 Å². The van der Waals surface area contributed by atoms with Crippen LogP contribution in [0.25, 0.3) is 0 Å². The highest BCUT2D eigenvalue weighted by atomic mass is 16.6. The summed E-state index contributed by atoms with van der Waals surface area (Å²) in [5.74, 6) is -0.695. The van der Waals surface area contributed by atoms with Crippen LogP contribution in [-0.2, 0) is 25.5 Å². The Hall–Kier alpha value is -1.92. The molecule has 0 spiro atoms. The fraction of sp³-hybridized carbons (Fsp3) is 0.467. The molecule has 1 saturated heterocycles. The zero-order valence-electron chi connectivity index (χ0n) is 12.2. The van der Waals surface area contributed by atoms with Crippen molar-refractivity contribution in [3.8, 4) is 0 Å². The summed E-state index contributed by atoms with van der Waals surface area (Å²) in [5.41, 5.74) is 1.59. The molecule has 1 fully saturated rings. The van der Waals surface area contributed by atoms with E-state index in [1.165, 1.54) is 14.2 Å². The minimum Gasteiger partial charge on any atom is -0.467 e. The molecule has 0 bridgehead atoms. The number of hydrogen-bond acceptors (Lipinski definition) is 6. The van der Waals surface area contributed by atoms with Crippen LogP contribution >= 0.6 is 0 Å². The highest BCUT2D eigenvalue weighted by Crippen LogP contribution is 2.13. The van der Waals surface area contributed by atoms with E-state index in [0.29, 0.717) is 25.3 Å². The maximum absolute atomic E-state index is 11.5. The van der Waals surface area contributed by atoms with E-state index >= 15 is 0 Å². The van der Waals surface area contributed by atoms with E-state index in [1.54, 1.807) is 12.1 Å². The van der Waals surface area contributed by atoms with Gasteiger partial charge in [-0.15, -0.1) is 0 Å². The van der Waals surface area contributed by atoms with Gasteiger partial charge in [0.15, 0.2) is 6.10 Å². The average molecular weight is 293 g/mol. The Morgan fingerprint density at radius 2 is 1.95 bits per heavy atom. The summed E-state index contributed by atoms with van der Waals surface area (Å²) in [7, 11) is 2.72. The summed E-state index contributed by atoms with van der Waals surface area (Å²) >= 11 is 0. The number of carbonyl (C=O) groups excluding carboxylic acids is 2. The molecule has 1 heterocycles. The fourth-order valence-corrected chi connectivity index (χ4v) is 2.24. The quantitative estimate of drug-likeness (QED) is 0.767. The predicted molar refractivity (Wildman–Crippen MR) is 74.8 cm³/mol. The van der Waals surface area contributed by atoms with Gasteiger partial charge in [0.1, 0.15) is 0 Å². The molecular weight excluding hydrogens is 274 g/mol. The number of benzene rings is 1. The number of methoxy groups -OCH3 is 2. The van der Waals surface area contributed by atoms with Crippen LogP contribution < -0.4 is 0 Å². The molecule has 21 heavy (non-hydrogen) atoms. The molecule has 1 aliphatic rings. The van der Waals surface area contributed by atoms with Gasteiger partial charge in [-0.2, -0.15) is 0 Å². The Kier molecular flexibility index (Phi) is 5.30. The van der Waals surface area contributed by atoms with Gasteiger partial charge in [0.25, 0.3) is 0 Å². The summed E-state index contributed by atoms with van der Waals surface area (Å²) < 4.78 is 14.7. The number of esters is 2. The van der Waals surface area contributed by atoms with Crippen molar-refractivity contribution in [2.24, 2.45) is 0 Å². The van der Waals surface area contributed by atoms with Gasteiger partial charge in [-0.25, -0.2) is 9.59 Å². The molecule has 1 aromatic rings. The van der Waals surface area contributed by atoms with Gasteiger partial charge in [0.05, 0.1) is 26.4 Å². The lowest BCUT2D eigenvalue weighted by Gasteiger charge is -2.31. The van der Waals surface area contributed by atoms with Gasteiger partial charge < -0.3 is 14.2 Å². The van der Waals surface area contributed by atoms with E-state index in [1.807, 2.05) is 12.1 Å². The van der Waals surface area contributed by atoms with Gasteiger partial charge in [0.2, 0.25) is 0 Å². The molecule has 6 heteroatoms. The van der Waals surface area contributed by atoms with Gasteiger partial charge in [-0.05, 0) is 17.7 Å². The summed E-state index contributed by atoms with van der Waals surface area (Å²) in [5, 5.41) is 0. The first-order valence-electron chi connectivity index (χ1n) is 6.73. The monoisotopic (exact) mass is 293 g/mol. The molecule has 1 atom stereocenters. The van der Waals surface area contributed by atoms with Crippen LogP contribution in [-0.4, -0.2) is 56.9 Å². The third-order valence-corrected chi connectivity index (χ3v) is 3.40. The zero-order chi connectivity index (χ0) is 15.2. The van der Waals surface area contributed by atoms with Crippen molar-refractivity contribution in [1.29, 1.82) is 0 Å². The Morgan fingerprint density at radius 1 is 1.24 bits per heavy atom. The van der Waals surface area contributed by atoms with Crippen molar-refractivity contribution < 1.29 is 23.8 Å². The Morgan fingerprint density at radius 3 is 2.57 bits per heavy atom. The number of hydrogen-bond donors (Lipinski definition) is 0. The molecule has 0 saturated carbocycles. The minimum atomic E-state index is -0.530. The lowest BCUT2D eigenvalue weighted by atomic mass is 10.1. The van der Waals surface area contributed by atoms with Gasteiger partial charge in [-0.3, -0.25) is 4.90 Å². The van der Waals surface area contributed by atoms with Crippen LogP contribution in [0.3, 0.4) is 0 Å². The molecular formula is C15H19NO5. The van der Waals surface area contributed by atoms with Crippen LogP contribution in [0.2, 0.25) is 0 Å². The van der Waals surface area contributed by atoms with E-state index in [0.717, 1.165) is 12.1 Å². The fourth-order valence-electron chi connectivity index (χ4n) is 2.24. The third kappa shape index (κ3) is 4.03. The number of rotatable bonds is 4. The molecule has 0 amide bonds. The molecule has 0 aliphatic carbocycles. The third-order valence-electron chi connectivity index (χ3n) is 3.40. The van der Waals surface area contributed by atoms with Crippen LogP contribution in [0.1, 0.15) is 15.9 Å². The number of nitrogens with zero attached hydrogens (tertiary/aromatic N) is 1. The molecule has 1 aliphatic heterocycles. The summed E-state index contributed by atoms with van der Waals surface area (Å²) in [6, 6.07) is 7.24. The first-order chi connectivity index (χ1) is 10.1. The molecule has 1 aromatic carbocycles. The standard InChI is InChI=1S/C15H19NO5/c1-19-14(17)12-5-3-11(4-6-12)9-16-7-8-21-13(10-16)15(18)20-2/h3-6,13H,7-10H2,1-2H3. The minimum absolute atomic E-state index is 0.347. The van der Waals surface area contributed by atoms with Crippen molar-refractivity contribution in [3.63, 3.8) is 0 Å². The van der Waals surface area contributed by atoms with Gasteiger partial charge >= 0.3 is 11.9 Å². The predicted octanol–water partition coefficient (Wildman–Crippen LogP) is 0.847. The Bertz CT molecular complexity index is 499. The summed E-state index contributed by atoms with van der Waals surface area (Å²) in [6.45, 7) is 2.45. The highest BCUT2D eigenvalue weighted by molar-refractivity contribution is 5.89. The lowest BCUT2D eigenvalue weighted by Crippen LogP contribution is -2.46. The van der Waals surface area contributed by atoms with Gasteiger partial charge in [0, 0.05) is 19.6 Å². The van der Waals surface area contributed by atoms with E-state index < -0.39 is 6.10 Å². The molecule has 1 unspecified atom stereocenters. The Labute approximate surface area is 123 Å². The highest BCUT2D eigenvalue weighted by Gasteiger charge is 2.27. The van der Waals surface area contributed by atoms with Crippen molar-refractivity contribution >= 4 is 11.9 Å². The Balaban J connectivity index is 1.95. The number of carbonyl (C=O) groups is 2. The number of morpholine rings is 1. The SMILES string of the molecule is COC(=O)c1ccc(CN2CCOC(C(=O)OC)C2)cc1. The largest absolute Gasteiger partial charge is 0.467 e. The summed E-state index contributed by atoms with van der Waals surface area (Å²) in [6.07, 6.45) is -0.530. The van der Waals surface area contributed by atoms with Gasteiger partial charge in [-0.1, -0.05) is 12.1 Å². The normalized spacial score (nSPS) is 19.0. The lowest BCUT2D eigenvalue weighted by molar-refractivity contribution is -0.160. The van der Waals surface area contributed by atoms with Crippen LogP contribution in [0.5, 0.6) is 0 Å². The smallest absolute Gasteiger partial charge is 0.337 e. The summed E-state index contributed by atoms with van der Waals surface area (Å²) in [4.78, 5) is 25.0. The van der Waals surface area contributed by atoms with E-state index in [2.05, 4.69) is 9.64 Å². The zero-order valence-corrected chi connectivity index (χ0v) is 12.2.